The summed E-state index contributed by atoms with van der Waals surface area (Å²) in [6, 6.07) is 13.5. The van der Waals surface area contributed by atoms with Gasteiger partial charge < -0.3 is 10.4 Å². The number of carbonyl (C=O) groups excluding carboxylic acids is 3. The van der Waals surface area contributed by atoms with Crippen molar-refractivity contribution in [1.29, 1.82) is 0 Å². The number of aliphatic carboxylic acids is 1. The average molecular weight is 338 g/mol. The molecule has 7 heteroatoms. The van der Waals surface area contributed by atoms with Crippen molar-refractivity contribution in [3.8, 4) is 0 Å². The molecule has 126 valence electrons. The third-order valence-electron chi connectivity index (χ3n) is 3.76. The van der Waals surface area contributed by atoms with E-state index in [1.165, 1.54) is 18.2 Å². The van der Waals surface area contributed by atoms with Crippen LogP contribution in [0.3, 0.4) is 0 Å². The molecule has 1 aliphatic rings. The van der Waals surface area contributed by atoms with Gasteiger partial charge in [0.1, 0.15) is 6.54 Å². The van der Waals surface area contributed by atoms with Crippen LogP contribution in [0.4, 0.5) is 5.69 Å². The van der Waals surface area contributed by atoms with Crippen LogP contribution in [-0.2, 0) is 16.0 Å². The van der Waals surface area contributed by atoms with Crippen molar-refractivity contribution >= 4 is 29.4 Å². The maximum Gasteiger partial charge on any atom is 0.323 e. The maximum atomic E-state index is 12.2. The number of rotatable bonds is 5. The average Bonchev–Trinajstić information content (AvgIpc) is 2.80. The van der Waals surface area contributed by atoms with Gasteiger partial charge in [-0.25, -0.2) is 0 Å². The Morgan fingerprint density at radius 2 is 1.64 bits per heavy atom. The Morgan fingerprint density at radius 1 is 0.960 bits per heavy atom. The van der Waals surface area contributed by atoms with E-state index in [4.69, 9.17) is 5.11 Å². The summed E-state index contributed by atoms with van der Waals surface area (Å²) in [6.07, 6.45) is 0.177. The van der Waals surface area contributed by atoms with E-state index in [9.17, 15) is 19.2 Å². The third-order valence-corrected chi connectivity index (χ3v) is 3.76. The van der Waals surface area contributed by atoms with Gasteiger partial charge >= 0.3 is 5.97 Å². The van der Waals surface area contributed by atoms with Gasteiger partial charge in [-0.1, -0.05) is 30.3 Å². The van der Waals surface area contributed by atoms with Gasteiger partial charge in [0.25, 0.3) is 11.8 Å². The first-order chi connectivity index (χ1) is 12.0. The molecule has 0 bridgehead atoms. The van der Waals surface area contributed by atoms with Crippen molar-refractivity contribution in [2.45, 2.75) is 6.42 Å². The number of benzene rings is 2. The van der Waals surface area contributed by atoms with E-state index in [1.54, 1.807) is 0 Å². The Labute approximate surface area is 142 Å². The summed E-state index contributed by atoms with van der Waals surface area (Å²) in [4.78, 5) is 47.8. The topological polar surface area (TPSA) is 104 Å². The molecule has 7 nitrogen and oxygen atoms in total. The summed E-state index contributed by atoms with van der Waals surface area (Å²) in [5, 5.41) is 11.5. The lowest BCUT2D eigenvalue weighted by molar-refractivity contribution is -0.137. The van der Waals surface area contributed by atoms with Crippen molar-refractivity contribution in [2.24, 2.45) is 0 Å². The fourth-order valence-electron chi connectivity index (χ4n) is 2.63. The molecule has 0 saturated carbocycles. The van der Waals surface area contributed by atoms with Gasteiger partial charge in [-0.3, -0.25) is 24.1 Å². The third kappa shape index (κ3) is 3.40. The van der Waals surface area contributed by atoms with Crippen LogP contribution in [0.5, 0.6) is 0 Å². The SMILES string of the molecule is O=C(O)CN1C(=O)c2ccc(NC(=O)Cc3ccccc3)cc2C1=O. The van der Waals surface area contributed by atoms with Gasteiger partial charge in [0.05, 0.1) is 17.5 Å². The Hall–Kier alpha value is -3.48. The summed E-state index contributed by atoms with van der Waals surface area (Å²) in [7, 11) is 0. The highest BCUT2D eigenvalue weighted by molar-refractivity contribution is 6.22. The van der Waals surface area contributed by atoms with Crippen molar-refractivity contribution in [1.82, 2.24) is 4.90 Å². The number of imide groups is 1. The summed E-state index contributed by atoms with van der Waals surface area (Å²) in [5.74, 6) is -2.86. The van der Waals surface area contributed by atoms with Crippen molar-refractivity contribution < 1.29 is 24.3 Å². The van der Waals surface area contributed by atoms with Crippen LogP contribution in [-0.4, -0.2) is 40.2 Å². The second-order valence-electron chi connectivity index (χ2n) is 5.56. The molecule has 0 fully saturated rings. The number of carbonyl (C=O) groups is 4. The molecule has 3 amide bonds. The Balaban J connectivity index is 1.75. The maximum absolute atomic E-state index is 12.2. The van der Waals surface area contributed by atoms with E-state index >= 15 is 0 Å². The van der Waals surface area contributed by atoms with Gasteiger partial charge in [-0.2, -0.15) is 0 Å². The number of fused-ring (bicyclic) bond motifs is 1. The van der Waals surface area contributed by atoms with Gasteiger partial charge in [0.15, 0.2) is 0 Å². The number of anilines is 1. The monoisotopic (exact) mass is 338 g/mol. The molecule has 0 saturated heterocycles. The lowest BCUT2D eigenvalue weighted by Crippen LogP contribution is -2.34. The van der Waals surface area contributed by atoms with E-state index < -0.39 is 24.3 Å². The highest BCUT2D eigenvalue weighted by Crippen LogP contribution is 2.25. The zero-order valence-corrected chi connectivity index (χ0v) is 13.1. The van der Waals surface area contributed by atoms with Crippen LogP contribution < -0.4 is 5.32 Å². The normalized spacial score (nSPS) is 12.9. The summed E-state index contributed by atoms with van der Waals surface area (Å²) in [6.45, 7) is -0.692. The number of nitrogens with zero attached hydrogens (tertiary/aromatic N) is 1. The van der Waals surface area contributed by atoms with Crippen LogP contribution in [0.1, 0.15) is 26.3 Å². The predicted molar refractivity (Wildman–Crippen MR) is 88.2 cm³/mol. The zero-order valence-electron chi connectivity index (χ0n) is 13.1. The first-order valence-corrected chi connectivity index (χ1v) is 7.51. The molecule has 0 aliphatic carbocycles. The van der Waals surface area contributed by atoms with Crippen LogP contribution >= 0.6 is 0 Å². The largest absolute Gasteiger partial charge is 0.480 e. The summed E-state index contributed by atoms with van der Waals surface area (Å²) >= 11 is 0. The molecular formula is C18H14N2O5. The predicted octanol–water partition coefficient (Wildman–Crippen LogP) is 1.55. The first kappa shape index (κ1) is 16.4. The molecule has 25 heavy (non-hydrogen) atoms. The number of hydrogen-bond acceptors (Lipinski definition) is 4. The fourth-order valence-corrected chi connectivity index (χ4v) is 2.63. The minimum absolute atomic E-state index is 0.0868. The Morgan fingerprint density at radius 3 is 2.32 bits per heavy atom. The molecule has 1 heterocycles. The fraction of sp³-hybridized carbons (Fsp3) is 0.111. The Bertz CT molecular complexity index is 876. The van der Waals surface area contributed by atoms with Crippen LogP contribution in [0.15, 0.2) is 48.5 Å². The summed E-state index contributed by atoms with van der Waals surface area (Å²) in [5.41, 5.74) is 1.44. The van der Waals surface area contributed by atoms with E-state index in [-0.39, 0.29) is 23.5 Å². The van der Waals surface area contributed by atoms with E-state index in [0.29, 0.717) is 10.6 Å². The minimum atomic E-state index is -1.27. The molecule has 0 spiro atoms. The lowest BCUT2D eigenvalue weighted by Gasteiger charge is -2.09. The van der Waals surface area contributed by atoms with Gasteiger partial charge in [0, 0.05) is 5.69 Å². The molecule has 0 unspecified atom stereocenters. The first-order valence-electron chi connectivity index (χ1n) is 7.51. The number of amides is 3. The minimum Gasteiger partial charge on any atom is -0.480 e. The standard InChI is InChI=1S/C18H14N2O5/c21-15(8-11-4-2-1-3-5-11)19-12-6-7-13-14(9-12)18(25)20(17(13)24)10-16(22)23/h1-7,9H,8,10H2,(H,19,21)(H,22,23). The molecule has 0 atom stereocenters. The number of carboxylic acid groups (broad SMARTS) is 1. The van der Waals surface area contributed by atoms with Gasteiger partial charge in [-0.05, 0) is 23.8 Å². The number of nitrogens with one attached hydrogen (secondary N) is 1. The van der Waals surface area contributed by atoms with E-state index in [0.717, 1.165) is 5.56 Å². The van der Waals surface area contributed by atoms with Crippen molar-refractivity contribution in [2.75, 3.05) is 11.9 Å². The van der Waals surface area contributed by atoms with Gasteiger partial charge in [-0.15, -0.1) is 0 Å². The Kier molecular flexibility index (Phi) is 4.30. The number of hydrogen-bond donors (Lipinski definition) is 2. The van der Waals surface area contributed by atoms with E-state index in [1.807, 2.05) is 30.3 Å². The zero-order chi connectivity index (χ0) is 18.0. The smallest absolute Gasteiger partial charge is 0.323 e. The lowest BCUT2D eigenvalue weighted by atomic mass is 10.1. The molecule has 2 N–H and O–H groups in total. The van der Waals surface area contributed by atoms with Crippen molar-refractivity contribution in [3.63, 3.8) is 0 Å². The van der Waals surface area contributed by atoms with E-state index in [2.05, 4.69) is 5.32 Å². The molecule has 2 aromatic carbocycles. The molecular weight excluding hydrogens is 324 g/mol. The highest BCUT2D eigenvalue weighted by Gasteiger charge is 2.36. The quantitative estimate of drug-likeness (QED) is 0.805. The van der Waals surface area contributed by atoms with Crippen LogP contribution in [0, 0.1) is 0 Å². The van der Waals surface area contributed by atoms with Gasteiger partial charge in [0.2, 0.25) is 5.91 Å². The highest BCUT2D eigenvalue weighted by atomic mass is 16.4. The summed E-state index contributed by atoms with van der Waals surface area (Å²) < 4.78 is 0. The molecule has 3 rings (SSSR count). The molecule has 0 aromatic heterocycles. The molecule has 2 aromatic rings. The van der Waals surface area contributed by atoms with Crippen LogP contribution in [0.2, 0.25) is 0 Å². The molecule has 0 radical (unpaired) electrons. The second kappa shape index (κ2) is 6.56. The number of carboxylic acids is 1. The second-order valence-corrected chi connectivity index (χ2v) is 5.56. The van der Waals surface area contributed by atoms with Crippen molar-refractivity contribution in [3.05, 3.63) is 65.2 Å². The van der Waals surface area contributed by atoms with Crippen LogP contribution in [0.25, 0.3) is 0 Å². The molecule has 1 aliphatic heterocycles.